The molecule has 3 aromatic rings. The summed E-state index contributed by atoms with van der Waals surface area (Å²) in [6.07, 6.45) is 4.61. The van der Waals surface area contributed by atoms with Crippen LogP contribution < -0.4 is 0 Å². The molecular formula is C22H23ClN4OS. The molecule has 29 heavy (non-hydrogen) atoms. The normalized spacial score (nSPS) is 14.6. The number of likely N-dealkylation sites (tertiary alicyclic amines) is 1. The van der Waals surface area contributed by atoms with Gasteiger partial charge >= 0.3 is 0 Å². The van der Waals surface area contributed by atoms with E-state index in [-0.39, 0.29) is 5.91 Å². The van der Waals surface area contributed by atoms with Crippen LogP contribution in [-0.2, 0) is 4.79 Å². The topological polar surface area (TPSA) is 51.0 Å². The van der Waals surface area contributed by atoms with Gasteiger partial charge < -0.3 is 4.90 Å². The molecule has 0 aliphatic carbocycles. The van der Waals surface area contributed by atoms with Crippen molar-refractivity contribution in [3.05, 3.63) is 59.6 Å². The molecular weight excluding hydrogens is 404 g/mol. The lowest BCUT2D eigenvalue weighted by molar-refractivity contribution is -0.128. The first-order valence-electron chi connectivity index (χ1n) is 9.90. The van der Waals surface area contributed by atoms with Crippen LogP contribution in [-0.4, -0.2) is 44.4 Å². The molecule has 1 aliphatic heterocycles. The maximum Gasteiger partial charge on any atom is 0.233 e. The number of thioether (sulfide) groups is 1. The van der Waals surface area contributed by atoms with Gasteiger partial charge in [0.2, 0.25) is 5.91 Å². The minimum atomic E-state index is 0.170. The van der Waals surface area contributed by atoms with E-state index in [4.69, 9.17) is 11.6 Å². The molecule has 4 rings (SSSR count). The van der Waals surface area contributed by atoms with Crippen molar-refractivity contribution in [1.82, 2.24) is 19.7 Å². The van der Waals surface area contributed by atoms with E-state index in [1.807, 2.05) is 64.1 Å². The van der Waals surface area contributed by atoms with Crippen LogP contribution in [0.5, 0.6) is 0 Å². The Morgan fingerprint density at radius 2 is 1.62 bits per heavy atom. The quantitative estimate of drug-likeness (QED) is 0.533. The molecule has 0 spiro atoms. The van der Waals surface area contributed by atoms with Crippen molar-refractivity contribution in [2.75, 3.05) is 18.8 Å². The molecule has 1 saturated heterocycles. The number of hydrogen-bond donors (Lipinski definition) is 0. The Bertz CT molecular complexity index is 951. The third kappa shape index (κ3) is 4.82. The second-order valence-corrected chi connectivity index (χ2v) is 8.45. The Kier molecular flexibility index (Phi) is 6.52. The van der Waals surface area contributed by atoms with Crippen LogP contribution in [0.4, 0.5) is 0 Å². The number of benzene rings is 2. The zero-order chi connectivity index (χ0) is 20.1. The number of aromatic nitrogens is 3. The summed E-state index contributed by atoms with van der Waals surface area (Å²) in [6, 6.07) is 17.5. The van der Waals surface area contributed by atoms with Crippen LogP contribution >= 0.6 is 23.4 Å². The van der Waals surface area contributed by atoms with E-state index in [9.17, 15) is 4.79 Å². The second-order valence-electron chi connectivity index (χ2n) is 7.07. The van der Waals surface area contributed by atoms with E-state index in [0.717, 1.165) is 43.0 Å². The van der Waals surface area contributed by atoms with Gasteiger partial charge in [-0.25, -0.2) is 0 Å². The molecule has 2 aromatic carbocycles. The first kappa shape index (κ1) is 20.0. The Hall–Kier alpha value is -2.31. The van der Waals surface area contributed by atoms with Crippen LogP contribution in [0.3, 0.4) is 0 Å². The Labute approximate surface area is 180 Å². The van der Waals surface area contributed by atoms with E-state index in [2.05, 4.69) is 10.2 Å². The van der Waals surface area contributed by atoms with Gasteiger partial charge in [0.25, 0.3) is 0 Å². The maximum atomic E-state index is 12.7. The van der Waals surface area contributed by atoms with Gasteiger partial charge in [0, 0.05) is 29.4 Å². The summed E-state index contributed by atoms with van der Waals surface area (Å²) in [4.78, 5) is 14.7. The fourth-order valence-electron chi connectivity index (χ4n) is 3.50. The first-order valence-corrected chi connectivity index (χ1v) is 11.3. The van der Waals surface area contributed by atoms with E-state index < -0.39 is 0 Å². The molecule has 1 aliphatic rings. The number of amides is 1. The highest BCUT2D eigenvalue weighted by atomic mass is 35.5. The van der Waals surface area contributed by atoms with Crippen molar-refractivity contribution in [3.8, 4) is 17.1 Å². The number of nitrogens with zero attached hydrogens (tertiary/aromatic N) is 4. The molecule has 0 saturated carbocycles. The highest BCUT2D eigenvalue weighted by Gasteiger charge is 2.20. The molecule has 7 heteroatoms. The zero-order valence-corrected chi connectivity index (χ0v) is 17.7. The molecule has 0 bridgehead atoms. The van der Waals surface area contributed by atoms with Crippen LogP contribution in [0, 0.1) is 0 Å². The van der Waals surface area contributed by atoms with Crippen LogP contribution in [0.25, 0.3) is 17.1 Å². The van der Waals surface area contributed by atoms with Gasteiger partial charge in [-0.2, -0.15) is 0 Å². The number of hydrogen-bond acceptors (Lipinski definition) is 4. The average molecular weight is 427 g/mol. The lowest BCUT2D eigenvalue weighted by Crippen LogP contribution is -2.33. The molecule has 0 radical (unpaired) electrons. The van der Waals surface area contributed by atoms with Crippen molar-refractivity contribution >= 4 is 29.3 Å². The van der Waals surface area contributed by atoms with Crippen molar-refractivity contribution in [3.63, 3.8) is 0 Å². The van der Waals surface area contributed by atoms with Gasteiger partial charge in [-0.05, 0) is 37.1 Å². The lowest BCUT2D eigenvalue weighted by atomic mass is 10.2. The highest BCUT2D eigenvalue weighted by Crippen LogP contribution is 2.29. The predicted molar refractivity (Wildman–Crippen MR) is 118 cm³/mol. The van der Waals surface area contributed by atoms with Gasteiger partial charge in [0.1, 0.15) is 0 Å². The summed E-state index contributed by atoms with van der Waals surface area (Å²) in [5, 5.41) is 10.2. The zero-order valence-electron chi connectivity index (χ0n) is 16.1. The van der Waals surface area contributed by atoms with Crippen molar-refractivity contribution in [1.29, 1.82) is 0 Å². The summed E-state index contributed by atoms with van der Waals surface area (Å²) >= 11 is 7.51. The van der Waals surface area contributed by atoms with Crippen LogP contribution in [0.15, 0.2) is 59.8 Å². The molecule has 1 aromatic heterocycles. The fourth-order valence-corrected chi connectivity index (χ4v) is 4.48. The van der Waals surface area contributed by atoms with Crippen molar-refractivity contribution < 1.29 is 4.79 Å². The number of halogens is 1. The number of rotatable bonds is 5. The van der Waals surface area contributed by atoms with Gasteiger partial charge in [-0.1, -0.05) is 66.5 Å². The van der Waals surface area contributed by atoms with Gasteiger partial charge in [-0.15, -0.1) is 10.2 Å². The predicted octanol–water partition coefficient (Wildman–Crippen LogP) is 5.08. The summed E-state index contributed by atoms with van der Waals surface area (Å²) in [5.41, 5.74) is 1.89. The average Bonchev–Trinajstić information content (AvgIpc) is 2.98. The maximum absolute atomic E-state index is 12.7. The first-order chi connectivity index (χ1) is 14.2. The molecule has 2 heterocycles. The standard InChI is InChI=1S/C22H23ClN4OS/c23-18-10-12-19(13-11-18)27-21(17-8-4-3-5-9-17)24-25-22(27)29-16-20(28)26-14-6-1-2-7-15-26/h3-5,8-13H,1-2,6-7,14-16H2. The third-order valence-corrected chi connectivity index (χ3v) is 6.20. The highest BCUT2D eigenvalue weighted by molar-refractivity contribution is 7.99. The summed E-state index contributed by atoms with van der Waals surface area (Å²) < 4.78 is 1.99. The minimum Gasteiger partial charge on any atom is -0.342 e. The summed E-state index contributed by atoms with van der Waals surface area (Å²) in [6.45, 7) is 1.72. The van der Waals surface area contributed by atoms with Crippen molar-refractivity contribution in [2.45, 2.75) is 30.8 Å². The Balaban J connectivity index is 1.60. The molecule has 5 nitrogen and oxygen atoms in total. The minimum absolute atomic E-state index is 0.170. The SMILES string of the molecule is O=C(CSc1nnc(-c2ccccc2)n1-c1ccc(Cl)cc1)N1CCCCCC1. The monoisotopic (exact) mass is 426 g/mol. The Morgan fingerprint density at radius 3 is 2.31 bits per heavy atom. The third-order valence-electron chi connectivity index (χ3n) is 5.03. The second kappa shape index (κ2) is 9.46. The van der Waals surface area contributed by atoms with Crippen LogP contribution in [0.1, 0.15) is 25.7 Å². The van der Waals surface area contributed by atoms with Crippen molar-refractivity contribution in [2.24, 2.45) is 0 Å². The van der Waals surface area contributed by atoms with Gasteiger partial charge in [0.05, 0.1) is 5.75 Å². The van der Waals surface area contributed by atoms with E-state index >= 15 is 0 Å². The summed E-state index contributed by atoms with van der Waals surface area (Å²) in [5.74, 6) is 1.28. The number of carbonyl (C=O) groups is 1. The van der Waals surface area contributed by atoms with E-state index in [1.54, 1.807) is 0 Å². The Morgan fingerprint density at radius 1 is 0.931 bits per heavy atom. The van der Waals surface area contributed by atoms with E-state index in [1.165, 1.54) is 24.6 Å². The van der Waals surface area contributed by atoms with E-state index in [0.29, 0.717) is 15.9 Å². The largest absolute Gasteiger partial charge is 0.342 e. The lowest BCUT2D eigenvalue weighted by Gasteiger charge is -2.20. The smallest absolute Gasteiger partial charge is 0.233 e. The molecule has 1 fully saturated rings. The molecule has 0 atom stereocenters. The van der Waals surface area contributed by atoms with Gasteiger partial charge in [-0.3, -0.25) is 9.36 Å². The molecule has 0 unspecified atom stereocenters. The summed E-state index contributed by atoms with van der Waals surface area (Å²) in [7, 11) is 0. The van der Waals surface area contributed by atoms with Crippen LogP contribution in [0.2, 0.25) is 5.02 Å². The molecule has 0 N–H and O–H groups in total. The molecule has 1 amide bonds. The fraction of sp³-hybridized carbons (Fsp3) is 0.318. The number of carbonyl (C=O) groups excluding carboxylic acids is 1. The van der Waals surface area contributed by atoms with Gasteiger partial charge in [0.15, 0.2) is 11.0 Å². The molecule has 150 valence electrons.